The van der Waals surface area contributed by atoms with Crippen LogP contribution in [-0.2, 0) is 10.0 Å². The van der Waals surface area contributed by atoms with Crippen LogP contribution in [0, 0.1) is 5.92 Å². The summed E-state index contributed by atoms with van der Waals surface area (Å²) in [6, 6.07) is 0. The van der Waals surface area contributed by atoms with Crippen molar-refractivity contribution in [2.24, 2.45) is 5.92 Å². The minimum Gasteiger partial charge on any atom is -0.212 e. The predicted octanol–water partition coefficient (Wildman–Crippen LogP) is 3.43. The molecule has 112 valence electrons. The Balaban J connectivity index is 2.07. The highest BCUT2D eigenvalue weighted by Gasteiger charge is 2.40. The molecule has 0 radical (unpaired) electrons. The summed E-state index contributed by atoms with van der Waals surface area (Å²) in [6.45, 7) is 2.19. The number of hydrogen-bond acceptors (Lipinski definition) is 2. The van der Waals surface area contributed by atoms with E-state index in [1.165, 1.54) is 12.8 Å². The van der Waals surface area contributed by atoms with Crippen LogP contribution in [0.3, 0.4) is 0 Å². The van der Waals surface area contributed by atoms with Gasteiger partial charge in [0.1, 0.15) is 0 Å². The van der Waals surface area contributed by atoms with Crippen LogP contribution < -0.4 is 4.72 Å². The molecule has 2 rings (SSSR count). The van der Waals surface area contributed by atoms with E-state index in [2.05, 4.69) is 11.6 Å². The molecule has 2 unspecified atom stereocenters. The first-order chi connectivity index (χ1) is 8.97. The molecule has 2 atom stereocenters. The van der Waals surface area contributed by atoms with Crippen LogP contribution in [0.15, 0.2) is 0 Å². The van der Waals surface area contributed by atoms with Crippen molar-refractivity contribution in [2.75, 3.05) is 5.88 Å². The van der Waals surface area contributed by atoms with Crippen molar-refractivity contribution in [1.29, 1.82) is 0 Å². The molecule has 0 heterocycles. The van der Waals surface area contributed by atoms with E-state index in [9.17, 15) is 8.42 Å². The largest absolute Gasteiger partial charge is 0.215 e. The van der Waals surface area contributed by atoms with Gasteiger partial charge in [0.2, 0.25) is 10.0 Å². The van der Waals surface area contributed by atoms with Crippen LogP contribution in [0.25, 0.3) is 0 Å². The van der Waals surface area contributed by atoms with E-state index in [1.54, 1.807) is 0 Å². The van der Waals surface area contributed by atoms with Gasteiger partial charge in [-0.3, -0.25) is 0 Å². The molecular formula is C14H26ClNO2S. The third-order valence-electron chi connectivity index (χ3n) is 4.70. The molecule has 0 bridgehead atoms. The summed E-state index contributed by atoms with van der Waals surface area (Å²) >= 11 is 6.12. The van der Waals surface area contributed by atoms with E-state index in [1.807, 2.05) is 0 Å². The lowest BCUT2D eigenvalue weighted by molar-refractivity contribution is 0.237. The third-order valence-corrected chi connectivity index (χ3v) is 7.28. The van der Waals surface area contributed by atoms with Crippen molar-refractivity contribution in [2.45, 2.75) is 75.5 Å². The van der Waals surface area contributed by atoms with Crippen molar-refractivity contribution in [1.82, 2.24) is 4.72 Å². The van der Waals surface area contributed by atoms with Gasteiger partial charge in [-0.1, -0.05) is 39.0 Å². The molecule has 0 aromatic carbocycles. The fourth-order valence-corrected chi connectivity index (χ4v) is 6.03. The molecule has 2 fully saturated rings. The van der Waals surface area contributed by atoms with Crippen LogP contribution in [0.5, 0.6) is 0 Å². The number of sulfonamides is 1. The molecule has 1 N–H and O–H groups in total. The molecule has 0 aliphatic heterocycles. The number of alkyl halides is 1. The van der Waals surface area contributed by atoms with Gasteiger partial charge in [-0.25, -0.2) is 13.1 Å². The highest BCUT2D eigenvalue weighted by atomic mass is 35.5. The molecule has 19 heavy (non-hydrogen) atoms. The van der Waals surface area contributed by atoms with E-state index in [4.69, 9.17) is 11.6 Å². The van der Waals surface area contributed by atoms with Gasteiger partial charge in [-0.2, -0.15) is 0 Å². The van der Waals surface area contributed by atoms with E-state index in [0.29, 0.717) is 11.8 Å². The van der Waals surface area contributed by atoms with Crippen molar-refractivity contribution in [3.8, 4) is 0 Å². The standard InChI is InChI=1S/C14H26ClNO2S/c1-12-6-5-9-14(10-12,11-15)16-19(17,18)13-7-3-2-4-8-13/h12-13,16H,2-11H2,1H3. The average Bonchev–Trinajstić information content (AvgIpc) is 2.39. The summed E-state index contributed by atoms with van der Waals surface area (Å²) in [7, 11) is -3.21. The molecule has 0 saturated heterocycles. The number of nitrogens with one attached hydrogen (secondary N) is 1. The highest BCUT2D eigenvalue weighted by Crippen LogP contribution is 2.35. The maximum atomic E-state index is 12.6. The van der Waals surface area contributed by atoms with Crippen LogP contribution in [0.4, 0.5) is 0 Å². The zero-order chi connectivity index (χ0) is 13.9. The second kappa shape index (κ2) is 6.31. The number of hydrogen-bond donors (Lipinski definition) is 1. The quantitative estimate of drug-likeness (QED) is 0.809. The van der Waals surface area contributed by atoms with Crippen LogP contribution >= 0.6 is 11.6 Å². The van der Waals surface area contributed by atoms with Gasteiger partial charge in [0.05, 0.1) is 5.25 Å². The fraction of sp³-hybridized carbons (Fsp3) is 1.00. The van der Waals surface area contributed by atoms with Gasteiger partial charge in [0, 0.05) is 11.4 Å². The zero-order valence-electron chi connectivity index (χ0n) is 11.8. The fourth-order valence-electron chi connectivity index (χ4n) is 3.66. The van der Waals surface area contributed by atoms with E-state index in [-0.39, 0.29) is 5.25 Å². The summed E-state index contributed by atoms with van der Waals surface area (Å²) in [5.41, 5.74) is -0.393. The molecule has 2 saturated carbocycles. The minimum absolute atomic E-state index is 0.196. The molecule has 0 aromatic rings. The number of halogens is 1. The maximum Gasteiger partial charge on any atom is 0.215 e. The van der Waals surface area contributed by atoms with Gasteiger partial charge >= 0.3 is 0 Å². The summed E-state index contributed by atoms with van der Waals surface area (Å²) in [4.78, 5) is 0. The lowest BCUT2D eigenvalue weighted by Gasteiger charge is -2.40. The van der Waals surface area contributed by atoms with Crippen molar-refractivity contribution >= 4 is 21.6 Å². The molecule has 0 aromatic heterocycles. The predicted molar refractivity (Wildman–Crippen MR) is 80.0 cm³/mol. The Morgan fingerprint density at radius 2 is 1.84 bits per heavy atom. The van der Waals surface area contributed by atoms with Gasteiger partial charge in [-0.15, -0.1) is 11.6 Å². The Morgan fingerprint density at radius 1 is 1.16 bits per heavy atom. The second-order valence-electron chi connectivity index (χ2n) is 6.52. The Labute approximate surface area is 122 Å². The topological polar surface area (TPSA) is 46.2 Å². The third kappa shape index (κ3) is 3.85. The highest BCUT2D eigenvalue weighted by molar-refractivity contribution is 7.90. The van der Waals surface area contributed by atoms with Crippen molar-refractivity contribution in [3.63, 3.8) is 0 Å². The van der Waals surface area contributed by atoms with Gasteiger partial charge in [-0.05, 0) is 31.6 Å². The second-order valence-corrected chi connectivity index (χ2v) is 8.75. The summed E-state index contributed by atoms with van der Waals surface area (Å²) in [5, 5.41) is -0.196. The maximum absolute atomic E-state index is 12.6. The average molecular weight is 308 g/mol. The summed E-state index contributed by atoms with van der Waals surface area (Å²) < 4.78 is 28.1. The summed E-state index contributed by atoms with van der Waals surface area (Å²) in [5.74, 6) is 0.949. The lowest BCUT2D eigenvalue weighted by atomic mass is 9.78. The van der Waals surface area contributed by atoms with E-state index >= 15 is 0 Å². The van der Waals surface area contributed by atoms with E-state index in [0.717, 1.165) is 44.9 Å². The Kier molecular flexibility index (Phi) is 5.18. The molecule has 0 amide bonds. The first kappa shape index (κ1) is 15.6. The Bertz CT molecular complexity index is 392. The Morgan fingerprint density at radius 3 is 2.42 bits per heavy atom. The van der Waals surface area contributed by atoms with Crippen LogP contribution in [0.2, 0.25) is 0 Å². The molecule has 3 nitrogen and oxygen atoms in total. The molecular weight excluding hydrogens is 282 g/mol. The van der Waals surface area contributed by atoms with Gasteiger partial charge < -0.3 is 0 Å². The zero-order valence-corrected chi connectivity index (χ0v) is 13.4. The van der Waals surface area contributed by atoms with Crippen LogP contribution in [-0.4, -0.2) is 25.1 Å². The number of rotatable bonds is 4. The van der Waals surface area contributed by atoms with E-state index < -0.39 is 15.6 Å². The monoisotopic (exact) mass is 307 g/mol. The van der Waals surface area contributed by atoms with Gasteiger partial charge in [0.15, 0.2) is 0 Å². The van der Waals surface area contributed by atoms with Crippen molar-refractivity contribution in [3.05, 3.63) is 0 Å². The molecule has 2 aliphatic carbocycles. The van der Waals surface area contributed by atoms with Crippen LogP contribution in [0.1, 0.15) is 64.7 Å². The first-order valence-electron chi connectivity index (χ1n) is 7.56. The molecule has 5 heteroatoms. The minimum atomic E-state index is -3.21. The SMILES string of the molecule is CC1CCCC(CCl)(NS(=O)(=O)C2CCCCC2)C1. The van der Waals surface area contributed by atoms with Crippen molar-refractivity contribution < 1.29 is 8.42 Å². The van der Waals surface area contributed by atoms with Gasteiger partial charge in [0.25, 0.3) is 0 Å². The molecule has 2 aliphatic rings. The normalized spacial score (nSPS) is 34.3. The smallest absolute Gasteiger partial charge is 0.212 e. The molecule has 0 spiro atoms. The Hall–Kier alpha value is 0.200. The first-order valence-corrected chi connectivity index (χ1v) is 9.64. The summed E-state index contributed by atoms with van der Waals surface area (Å²) in [6.07, 6.45) is 8.88. The lowest BCUT2D eigenvalue weighted by Crippen LogP contribution is -2.55.